The predicted octanol–water partition coefficient (Wildman–Crippen LogP) is 4.71. The van der Waals surface area contributed by atoms with E-state index in [4.69, 9.17) is 23.8 Å². The highest BCUT2D eigenvalue weighted by atomic mass is 35.5. The number of nitrogens with one attached hydrogen (secondary N) is 2. The smallest absolute Gasteiger partial charge is 0.269 e. The highest BCUT2D eigenvalue weighted by Gasteiger charge is 2.13. The first-order valence-corrected chi connectivity index (χ1v) is 9.45. The van der Waals surface area contributed by atoms with Crippen LogP contribution >= 0.6 is 35.6 Å². The van der Waals surface area contributed by atoms with Crippen molar-refractivity contribution in [1.29, 1.82) is 0 Å². The van der Waals surface area contributed by atoms with E-state index in [-0.39, 0.29) is 5.91 Å². The molecular weight excluding hydrogens is 374 g/mol. The Morgan fingerprint density at radius 2 is 1.88 bits per heavy atom. The quantitative estimate of drug-likeness (QED) is 0.364. The molecule has 0 radical (unpaired) electrons. The molecule has 4 nitrogen and oxygen atoms in total. The van der Waals surface area contributed by atoms with Crippen molar-refractivity contribution in [2.45, 2.75) is 4.90 Å². The van der Waals surface area contributed by atoms with E-state index >= 15 is 0 Å². The molecule has 0 aliphatic rings. The fourth-order valence-corrected chi connectivity index (χ4v) is 3.48. The largest absolute Gasteiger partial charge is 0.350 e. The fraction of sp³-hybridized carbons (Fsp3) is 0.111. The average molecular weight is 390 g/mol. The Bertz CT molecular complexity index is 904. The van der Waals surface area contributed by atoms with Crippen molar-refractivity contribution >= 4 is 41.5 Å². The molecule has 0 aliphatic carbocycles. The van der Waals surface area contributed by atoms with Crippen molar-refractivity contribution in [3.63, 3.8) is 0 Å². The van der Waals surface area contributed by atoms with Gasteiger partial charge in [0.05, 0.1) is 0 Å². The van der Waals surface area contributed by atoms with Crippen molar-refractivity contribution in [1.82, 2.24) is 14.9 Å². The summed E-state index contributed by atoms with van der Waals surface area (Å²) < 4.78 is 2.23. The van der Waals surface area contributed by atoms with Crippen LogP contribution in [-0.2, 0) is 0 Å². The lowest BCUT2D eigenvalue weighted by Gasteiger charge is -2.09. The third kappa shape index (κ3) is 4.54. The Morgan fingerprint density at radius 3 is 2.60 bits per heavy atom. The van der Waals surface area contributed by atoms with Gasteiger partial charge in [-0.2, -0.15) is 0 Å². The third-order valence-electron chi connectivity index (χ3n) is 3.49. The molecule has 0 spiro atoms. The minimum Gasteiger partial charge on any atom is -0.350 e. The summed E-state index contributed by atoms with van der Waals surface area (Å²) in [6, 6.07) is 17.2. The van der Waals surface area contributed by atoms with Gasteiger partial charge >= 0.3 is 0 Å². The van der Waals surface area contributed by atoms with Crippen LogP contribution in [-0.4, -0.2) is 27.8 Å². The molecule has 1 heterocycles. The van der Waals surface area contributed by atoms with E-state index in [0.717, 1.165) is 21.4 Å². The van der Waals surface area contributed by atoms with E-state index in [1.165, 1.54) is 0 Å². The van der Waals surface area contributed by atoms with Gasteiger partial charge in [-0.1, -0.05) is 29.8 Å². The summed E-state index contributed by atoms with van der Waals surface area (Å²) in [5, 5.41) is 3.65. The van der Waals surface area contributed by atoms with Gasteiger partial charge in [-0.05, 0) is 48.6 Å². The lowest BCUT2D eigenvalue weighted by Crippen LogP contribution is -2.27. The third-order valence-corrected chi connectivity index (χ3v) is 5.06. The minimum absolute atomic E-state index is 0.159. The second-order valence-corrected chi connectivity index (χ2v) is 7.20. The van der Waals surface area contributed by atoms with Gasteiger partial charge in [-0.3, -0.25) is 9.36 Å². The van der Waals surface area contributed by atoms with Crippen LogP contribution in [0.15, 0.2) is 65.7 Å². The highest BCUT2D eigenvalue weighted by Crippen LogP contribution is 2.19. The monoisotopic (exact) mass is 389 g/mol. The first-order valence-electron chi connectivity index (χ1n) is 7.67. The summed E-state index contributed by atoms with van der Waals surface area (Å²) in [5.41, 5.74) is 1.35. The molecule has 0 fully saturated rings. The van der Waals surface area contributed by atoms with Crippen LogP contribution in [0.25, 0.3) is 5.69 Å². The average Bonchev–Trinajstić information content (AvgIpc) is 3.02. The topological polar surface area (TPSA) is 49.8 Å². The number of thioether (sulfide) groups is 1. The Labute approximate surface area is 160 Å². The zero-order valence-electron chi connectivity index (χ0n) is 13.2. The highest BCUT2D eigenvalue weighted by molar-refractivity contribution is 7.99. The van der Waals surface area contributed by atoms with Gasteiger partial charge in [-0.25, -0.2) is 0 Å². The maximum absolute atomic E-state index is 12.5. The summed E-state index contributed by atoms with van der Waals surface area (Å²) in [6.07, 6.45) is 1.64. The summed E-state index contributed by atoms with van der Waals surface area (Å²) in [7, 11) is 0. The number of imidazole rings is 1. The van der Waals surface area contributed by atoms with Crippen molar-refractivity contribution in [3.05, 3.63) is 76.3 Å². The molecule has 0 saturated carbocycles. The van der Waals surface area contributed by atoms with Crippen LogP contribution in [0.4, 0.5) is 0 Å². The number of benzene rings is 2. The van der Waals surface area contributed by atoms with Gasteiger partial charge in [0.15, 0.2) is 4.77 Å². The van der Waals surface area contributed by atoms with Crippen molar-refractivity contribution in [3.8, 4) is 5.69 Å². The molecule has 0 atom stereocenters. The number of aromatic nitrogens is 2. The van der Waals surface area contributed by atoms with E-state index in [1.54, 1.807) is 22.5 Å². The number of hydrogen-bond acceptors (Lipinski definition) is 3. The van der Waals surface area contributed by atoms with Crippen molar-refractivity contribution < 1.29 is 4.79 Å². The summed E-state index contributed by atoms with van der Waals surface area (Å²) in [4.78, 5) is 16.5. The molecule has 2 N–H and O–H groups in total. The van der Waals surface area contributed by atoms with Gasteiger partial charge in [-0.15, -0.1) is 11.8 Å². The minimum atomic E-state index is -0.159. The molecule has 3 aromatic rings. The normalized spacial score (nSPS) is 10.6. The molecule has 0 saturated heterocycles. The number of rotatable bonds is 6. The van der Waals surface area contributed by atoms with Crippen LogP contribution in [0.1, 0.15) is 10.5 Å². The summed E-state index contributed by atoms with van der Waals surface area (Å²) in [5.74, 6) is 0.608. The number of carbonyl (C=O) groups is 1. The van der Waals surface area contributed by atoms with Gasteiger partial charge in [0.25, 0.3) is 5.91 Å². The molecule has 0 aliphatic heterocycles. The van der Waals surface area contributed by atoms with Gasteiger partial charge in [0.2, 0.25) is 0 Å². The van der Waals surface area contributed by atoms with E-state index in [9.17, 15) is 4.79 Å². The number of nitrogens with zero attached hydrogens (tertiary/aromatic N) is 1. The maximum Gasteiger partial charge on any atom is 0.269 e. The van der Waals surface area contributed by atoms with E-state index in [2.05, 4.69) is 10.3 Å². The van der Waals surface area contributed by atoms with Gasteiger partial charge < -0.3 is 10.3 Å². The van der Waals surface area contributed by atoms with E-state index in [0.29, 0.717) is 17.0 Å². The predicted molar refractivity (Wildman–Crippen MR) is 105 cm³/mol. The first-order chi connectivity index (χ1) is 12.1. The molecular formula is C18H16ClN3OS2. The standard InChI is InChI=1S/C18H16ClN3OS2/c19-13-6-8-15(9-7-13)25-11-10-20-17(23)16-12-21-18(24)22(16)14-4-2-1-3-5-14/h1-9,12H,10-11H2,(H,20,23)(H,21,24). The molecule has 25 heavy (non-hydrogen) atoms. The Morgan fingerprint density at radius 1 is 1.16 bits per heavy atom. The maximum atomic E-state index is 12.5. The van der Waals surface area contributed by atoms with Gasteiger partial charge in [0, 0.05) is 34.1 Å². The van der Waals surface area contributed by atoms with Crippen LogP contribution in [0.3, 0.4) is 0 Å². The zero-order valence-corrected chi connectivity index (χ0v) is 15.6. The first kappa shape index (κ1) is 17.8. The van der Waals surface area contributed by atoms with Crippen LogP contribution in [0, 0.1) is 4.77 Å². The number of H-pyrrole nitrogens is 1. The molecule has 1 aromatic heterocycles. The second kappa shape index (κ2) is 8.38. The zero-order chi connectivity index (χ0) is 17.6. The number of hydrogen-bond donors (Lipinski definition) is 2. The summed E-state index contributed by atoms with van der Waals surface area (Å²) >= 11 is 12.8. The second-order valence-electron chi connectivity index (χ2n) is 5.21. The molecule has 0 unspecified atom stereocenters. The Hall–Kier alpha value is -2.02. The van der Waals surface area contributed by atoms with Crippen LogP contribution in [0.2, 0.25) is 5.02 Å². The lowest BCUT2D eigenvalue weighted by atomic mass is 10.3. The fourth-order valence-electron chi connectivity index (χ4n) is 2.32. The molecule has 128 valence electrons. The Kier molecular flexibility index (Phi) is 5.96. The van der Waals surface area contributed by atoms with Gasteiger partial charge in [0.1, 0.15) is 5.69 Å². The number of para-hydroxylation sites is 1. The SMILES string of the molecule is O=C(NCCSc1ccc(Cl)cc1)c1c[nH]c(=S)n1-c1ccccc1. The van der Waals surface area contributed by atoms with Crippen molar-refractivity contribution in [2.24, 2.45) is 0 Å². The summed E-state index contributed by atoms with van der Waals surface area (Å²) in [6.45, 7) is 0.554. The number of amides is 1. The lowest BCUT2D eigenvalue weighted by molar-refractivity contribution is 0.0949. The van der Waals surface area contributed by atoms with Crippen LogP contribution in [0.5, 0.6) is 0 Å². The number of aromatic amines is 1. The molecule has 0 bridgehead atoms. The van der Waals surface area contributed by atoms with E-state index in [1.807, 2.05) is 54.6 Å². The molecule has 2 aromatic carbocycles. The van der Waals surface area contributed by atoms with E-state index < -0.39 is 0 Å². The van der Waals surface area contributed by atoms with Crippen molar-refractivity contribution in [2.75, 3.05) is 12.3 Å². The number of carbonyl (C=O) groups excluding carboxylic acids is 1. The Balaban J connectivity index is 1.61. The molecule has 1 amide bonds. The van der Waals surface area contributed by atoms with Crippen LogP contribution < -0.4 is 5.32 Å². The number of halogens is 1. The molecule has 7 heteroatoms. The molecule has 3 rings (SSSR count).